The third-order valence-electron chi connectivity index (χ3n) is 4.59. The fraction of sp³-hybridized carbons (Fsp3) is 0.412. The summed E-state index contributed by atoms with van der Waals surface area (Å²) in [5.74, 6) is 0.682. The van der Waals surface area contributed by atoms with Gasteiger partial charge in [-0.15, -0.1) is 0 Å². The summed E-state index contributed by atoms with van der Waals surface area (Å²) in [5, 5.41) is 11.0. The zero-order chi connectivity index (χ0) is 17.4. The average molecular weight is 351 g/mol. The van der Waals surface area contributed by atoms with Crippen molar-refractivity contribution < 1.29 is 22.7 Å². The smallest absolute Gasteiger partial charge is 0.276 e. The maximum absolute atomic E-state index is 12.8. The van der Waals surface area contributed by atoms with E-state index in [2.05, 4.69) is 0 Å². The highest BCUT2D eigenvalue weighted by Gasteiger charge is 2.46. The third kappa shape index (κ3) is 2.83. The Morgan fingerprint density at radius 3 is 2.58 bits per heavy atom. The molecular formula is C17H21NO5S. The van der Waals surface area contributed by atoms with Gasteiger partial charge in [-0.3, -0.25) is 0 Å². The molecule has 0 spiro atoms. The van der Waals surface area contributed by atoms with Gasteiger partial charge in [-0.2, -0.15) is 4.31 Å². The maximum Gasteiger partial charge on any atom is 0.276 e. The molecule has 0 radical (unpaired) electrons. The van der Waals surface area contributed by atoms with Crippen LogP contribution in [0.5, 0.6) is 5.75 Å². The SMILES string of the molecule is COc1ccc([C@](C)(O)[C@@H]2CCCN2S(=O)(=O)c2ccco2)cc1. The molecule has 1 aliphatic rings. The van der Waals surface area contributed by atoms with Crippen LogP contribution in [-0.4, -0.2) is 37.5 Å². The topological polar surface area (TPSA) is 80.0 Å². The van der Waals surface area contributed by atoms with Crippen molar-refractivity contribution in [2.75, 3.05) is 13.7 Å². The van der Waals surface area contributed by atoms with Crippen LogP contribution in [-0.2, 0) is 15.6 Å². The van der Waals surface area contributed by atoms with Crippen LogP contribution in [0.25, 0.3) is 0 Å². The number of furan rings is 1. The van der Waals surface area contributed by atoms with Crippen molar-refractivity contribution in [1.82, 2.24) is 4.31 Å². The average Bonchev–Trinajstić information content (AvgIpc) is 3.26. The minimum absolute atomic E-state index is 0.0973. The van der Waals surface area contributed by atoms with Crippen molar-refractivity contribution in [3.8, 4) is 5.75 Å². The van der Waals surface area contributed by atoms with E-state index in [1.165, 1.54) is 16.6 Å². The van der Waals surface area contributed by atoms with E-state index in [0.29, 0.717) is 30.7 Å². The van der Waals surface area contributed by atoms with E-state index in [-0.39, 0.29) is 5.09 Å². The van der Waals surface area contributed by atoms with E-state index in [4.69, 9.17) is 9.15 Å². The Morgan fingerprint density at radius 1 is 1.29 bits per heavy atom. The first kappa shape index (κ1) is 17.0. The molecule has 0 bridgehead atoms. The van der Waals surface area contributed by atoms with Gasteiger partial charge in [-0.1, -0.05) is 12.1 Å². The second-order valence-corrected chi connectivity index (χ2v) is 7.90. The quantitative estimate of drug-likeness (QED) is 0.894. The van der Waals surface area contributed by atoms with E-state index in [9.17, 15) is 13.5 Å². The normalized spacial score (nSPS) is 21.5. The summed E-state index contributed by atoms with van der Waals surface area (Å²) in [5.41, 5.74) is -0.669. The molecule has 3 rings (SSSR count). The molecule has 130 valence electrons. The number of nitrogens with zero attached hydrogens (tertiary/aromatic N) is 1. The Labute approximate surface area is 141 Å². The number of benzene rings is 1. The zero-order valence-corrected chi connectivity index (χ0v) is 14.5. The molecule has 7 heteroatoms. The van der Waals surface area contributed by atoms with Crippen LogP contribution in [0.15, 0.2) is 52.2 Å². The number of methoxy groups -OCH3 is 1. The Kier molecular flexibility index (Phi) is 4.42. The first-order valence-corrected chi connectivity index (χ1v) is 9.23. The number of sulfonamides is 1. The summed E-state index contributed by atoms with van der Waals surface area (Å²) in [7, 11) is -2.20. The number of rotatable bonds is 5. The monoisotopic (exact) mass is 351 g/mol. The number of hydrogen-bond acceptors (Lipinski definition) is 5. The zero-order valence-electron chi connectivity index (χ0n) is 13.7. The number of hydrogen-bond donors (Lipinski definition) is 1. The summed E-state index contributed by atoms with van der Waals surface area (Å²) in [6.07, 6.45) is 2.61. The van der Waals surface area contributed by atoms with Gasteiger partial charge in [0.05, 0.1) is 19.4 Å². The van der Waals surface area contributed by atoms with Crippen molar-refractivity contribution in [3.63, 3.8) is 0 Å². The molecule has 0 saturated carbocycles. The van der Waals surface area contributed by atoms with Crippen LogP contribution >= 0.6 is 0 Å². The van der Waals surface area contributed by atoms with Gasteiger partial charge in [0.2, 0.25) is 5.09 Å². The molecule has 6 nitrogen and oxygen atoms in total. The van der Waals surface area contributed by atoms with Gasteiger partial charge in [-0.05, 0) is 49.6 Å². The summed E-state index contributed by atoms with van der Waals surface area (Å²) in [6, 6.07) is 9.44. The fourth-order valence-corrected chi connectivity index (χ4v) is 4.91. The molecule has 1 saturated heterocycles. The lowest BCUT2D eigenvalue weighted by Gasteiger charge is -2.35. The Bertz CT molecular complexity index is 781. The van der Waals surface area contributed by atoms with Gasteiger partial charge in [0.1, 0.15) is 11.4 Å². The van der Waals surface area contributed by atoms with Gasteiger partial charge < -0.3 is 14.3 Å². The largest absolute Gasteiger partial charge is 0.497 e. The van der Waals surface area contributed by atoms with E-state index >= 15 is 0 Å². The van der Waals surface area contributed by atoms with Gasteiger partial charge >= 0.3 is 0 Å². The molecule has 1 aromatic carbocycles. The molecule has 2 atom stereocenters. The minimum Gasteiger partial charge on any atom is -0.497 e. The van der Waals surface area contributed by atoms with Gasteiger partial charge in [0.25, 0.3) is 10.0 Å². The second-order valence-electron chi connectivity index (χ2n) is 6.08. The molecule has 1 aromatic heterocycles. The van der Waals surface area contributed by atoms with Crippen LogP contribution in [0.1, 0.15) is 25.3 Å². The lowest BCUT2D eigenvalue weighted by Crippen LogP contribution is -2.48. The number of ether oxygens (including phenoxy) is 1. The Balaban J connectivity index is 1.94. The lowest BCUT2D eigenvalue weighted by atomic mass is 9.87. The highest BCUT2D eigenvalue weighted by Crippen LogP contribution is 2.38. The minimum atomic E-state index is -3.77. The summed E-state index contributed by atoms with van der Waals surface area (Å²) in [6.45, 7) is 2.01. The number of aliphatic hydroxyl groups is 1. The van der Waals surface area contributed by atoms with E-state index in [0.717, 1.165) is 0 Å². The highest BCUT2D eigenvalue weighted by molar-refractivity contribution is 7.89. The summed E-state index contributed by atoms with van der Waals surface area (Å²) in [4.78, 5) is 0. The molecule has 2 aromatic rings. The predicted octanol–water partition coefficient (Wildman–Crippen LogP) is 2.35. The Morgan fingerprint density at radius 2 is 2.00 bits per heavy atom. The first-order chi connectivity index (χ1) is 11.4. The molecule has 0 amide bonds. The molecule has 1 fully saturated rings. The van der Waals surface area contributed by atoms with Crippen molar-refractivity contribution in [2.45, 2.75) is 36.5 Å². The summed E-state index contributed by atoms with van der Waals surface area (Å²) < 4.78 is 37.1. The fourth-order valence-electron chi connectivity index (χ4n) is 3.24. The third-order valence-corrected chi connectivity index (χ3v) is 6.38. The molecule has 24 heavy (non-hydrogen) atoms. The van der Waals surface area contributed by atoms with Crippen LogP contribution in [0.4, 0.5) is 0 Å². The van der Waals surface area contributed by atoms with Crippen molar-refractivity contribution in [2.24, 2.45) is 0 Å². The summed E-state index contributed by atoms with van der Waals surface area (Å²) >= 11 is 0. The molecular weight excluding hydrogens is 330 g/mol. The van der Waals surface area contributed by atoms with Crippen molar-refractivity contribution in [1.29, 1.82) is 0 Å². The van der Waals surface area contributed by atoms with Crippen LogP contribution in [0.3, 0.4) is 0 Å². The van der Waals surface area contributed by atoms with Gasteiger partial charge in [-0.25, -0.2) is 8.42 Å². The molecule has 0 aliphatic carbocycles. The van der Waals surface area contributed by atoms with E-state index in [1.54, 1.807) is 44.4 Å². The molecule has 0 unspecified atom stereocenters. The van der Waals surface area contributed by atoms with Gasteiger partial charge in [0.15, 0.2) is 0 Å². The predicted molar refractivity (Wildman–Crippen MR) is 88.2 cm³/mol. The maximum atomic E-state index is 12.8. The van der Waals surface area contributed by atoms with E-state index in [1.807, 2.05) is 0 Å². The van der Waals surface area contributed by atoms with Crippen LogP contribution in [0.2, 0.25) is 0 Å². The molecule has 1 N–H and O–H groups in total. The first-order valence-electron chi connectivity index (χ1n) is 7.79. The standard InChI is InChI=1S/C17H21NO5S/c1-17(19,13-7-9-14(22-2)10-8-13)15-5-3-11-18(15)24(20,21)16-6-4-12-23-16/h4,6-10,12,15,19H,3,5,11H2,1-2H3/t15-,17-/m0/s1. The molecule has 2 heterocycles. The Hall–Kier alpha value is -1.83. The van der Waals surface area contributed by atoms with Crippen LogP contribution < -0.4 is 4.74 Å². The lowest BCUT2D eigenvalue weighted by molar-refractivity contribution is -0.000976. The molecule has 1 aliphatic heterocycles. The van der Waals surface area contributed by atoms with Crippen molar-refractivity contribution in [3.05, 3.63) is 48.2 Å². The van der Waals surface area contributed by atoms with Crippen molar-refractivity contribution >= 4 is 10.0 Å². The van der Waals surface area contributed by atoms with E-state index < -0.39 is 21.7 Å². The highest BCUT2D eigenvalue weighted by atomic mass is 32.2. The van der Waals surface area contributed by atoms with Gasteiger partial charge in [0, 0.05) is 6.54 Å². The van der Waals surface area contributed by atoms with Crippen LogP contribution in [0, 0.1) is 0 Å². The second kappa shape index (κ2) is 6.23.